The highest BCUT2D eigenvalue weighted by Gasteiger charge is 2.34. The van der Waals surface area contributed by atoms with Crippen LogP contribution in [0.25, 0.3) is 0 Å². The second kappa shape index (κ2) is 9.93. The van der Waals surface area contributed by atoms with Crippen LogP contribution in [0.15, 0.2) is 42.5 Å². The van der Waals surface area contributed by atoms with Gasteiger partial charge in [-0.3, -0.25) is 14.9 Å². The van der Waals surface area contributed by atoms with Crippen LogP contribution >= 0.6 is 11.3 Å². The van der Waals surface area contributed by atoms with Crippen LogP contribution in [0, 0.1) is 0 Å². The summed E-state index contributed by atoms with van der Waals surface area (Å²) >= 11 is 1.46. The summed E-state index contributed by atoms with van der Waals surface area (Å²) in [5.74, 6) is 1.62. The number of ether oxygens (including phenoxy) is 3. The smallest absolute Gasteiger partial charge is 0.257 e. The van der Waals surface area contributed by atoms with Gasteiger partial charge in [0, 0.05) is 48.4 Å². The second-order valence-corrected chi connectivity index (χ2v) is 10.4. The normalized spacial score (nSPS) is 18.4. The van der Waals surface area contributed by atoms with E-state index in [-0.39, 0.29) is 24.5 Å². The van der Waals surface area contributed by atoms with E-state index in [4.69, 9.17) is 19.2 Å². The van der Waals surface area contributed by atoms with E-state index < -0.39 is 0 Å². The Hall–Kier alpha value is -3.79. The molecule has 0 radical (unpaired) electrons. The number of thiazole rings is 1. The van der Waals surface area contributed by atoms with Crippen LogP contribution in [0.3, 0.4) is 0 Å². The molecule has 3 heterocycles. The highest BCUT2D eigenvalue weighted by molar-refractivity contribution is 7.16. The van der Waals surface area contributed by atoms with Gasteiger partial charge in [0.15, 0.2) is 16.6 Å². The first-order valence-electron chi connectivity index (χ1n) is 12.5. The third kappa shape index (κ3) is 4.69. The lowest BCUT2D eigenvalue weighted by atomic mass is 9.89. The largest absolute Gasteiger partial charge is 0.497 e. The van der Waals surface area contributed by atoms with Gasteiger partial charge in [-0.05, 0) is 49.6 Å². The number of fused-ring (bicyclic) bond motifs is 2. The van der Waals surface area contributed by atoms with Gasteiger partial charge < -0.3 is 24.0 Å². The molecule has 1 saturated heterocycles. The average molecular weight is 521 g/mol. The van der Waals surface area contributed by atoms with Crippen LogP contribution in [0.2, 0.25) is 0 Å². The maximum atomic E-state index is 13.6. The summed E-state index contributed by atoms with van der Waals surface area (Å²) in [6.07, 6.45) is 2.59. The van der Waals surface area contributed by atoms with E-state index in [9.17, 15) is 9.59 Å². The average Bonchev–Trinajstić information content (AvgIpc) is 3.58. The lowest BCUT2D eigenvalue weighted by Gasteiger charge is -2.38. The molecule has 1 fully saturated rings. The number of amides is 2. The van der Waals surface area contributed by atoms with Crippen LogP contribution in [0.1, 0.15) is 39.7 Å². The number of nitrogens with zero attached hydrogens (tertiary/aromatic N) is 3. The van der Waals surface area contributed by atoms with Gasteiger partial charge in [0.25, 0.3) is 5.91 Å². The van der Waals surface area contributed by atoms with Gasteiger partial charge in [-0.25, -0.2) is 4.98 Å². The van der Waals surface area contributed by atoms with Gasteiger partial charge in [0.05, 0.1) is 18.7 Å². The third-order valence-corrected chi connectivity index (χ3v) is 8.16. The summed E-state index contributed by atoms with van der Waals surface area (Å²) in [4.78, 5) is 36.5. The van der Waals surface area contributed by atoms with Gasteiger partial charge >= 0.3 is 0 Å². The molecule has 2 aromatic carbocycles. The summed E-state index contributed by atoms with van der Waals surface area (Å²) in [6.45, 7) is 3.03. The molecule has 3 aromatic rings. The first kappa shape index (κ1) is 23.6. The molecule has 0 saturated carbocycles. The molecule has 9 nitrogen and oxygen atoms in total. The monoisotopic (exact) mass is 520 g/mol. The number of aromatic nitrogens is 1. The fourth-order valence-corrected chi connectivity index (χ4v) is 6.19. The molecule has 0 bridgehead atoms. The Bertz CT molecular complexity index is 1330. The Labute approximate surface area is 219 Å². The Morgan fingerprint density at radius 3 is 2.76 bits per heavy atom. The van der Waals surface area contributed by atoms with E-state index in [0.717, 1.165) is 54.4 Å². The fourth-order valence-electron chi connectivity index (χ4n) is 5.13. The number of nitrogens with one attached hydrogen (secondary N) is 1. The van der Waals surface area contributed by atoms with Gasteiger partial charge in [-0.1, -0.05) is 6.07 Å². The number of hydrogen-bond donors (Lipinski definition) is 1. The molecule has 37 heavy (non-hydrogen) atoms. The maximum Gasteiger partial charge on any atom is 0.257 e. The Balaban J connectivity index is 1.12. The molecule has 2 aliphatic heterocycles. The number of carbonyl (C=O) groups is 2. The molecule has 1 unspecified atom stereocenters. The SMILES string of the molecule is COc1cccc(N2CCN(C(=O)C3CCCc4sc(NC(=O)c5ccc6c(c5)OCO6)nc43)CC2)c1. The zero-order valence-electron chi connectivity index (χ0n) is 20.6. The lowest BCUT2D eigenvalue weighted by Crippen LogP contribution is -2.50. The molecule has 3 aliphatic rings. The molecule has 1 aromatic heterocycles. The van der Waals surface area contributed by atoms with Crippen LogP contribution in [0.5, 0.6) is 17.2 Å². The van der Waals surface area contributed by atoms with Crippen molar-refractivity contribution in [3.8, 4) is 17.2 Å². The maximum absolute atomic E-state index is 13.6. The molecular weight excluding hydrogens is 492 g/mol. The Morgan fingerprint density at radius 2 is 1.92 bits per heavy atom. The second-order valence-electron chi connectivity index (χ2n) is 9.31. The number of anilines is 2. The molecule has 192 valence electrons. The zero-order chi connectivity index (χ0) is 25.4. The number of rotatable bonds is 5. The first-order valence-corrected chi connectivity index (χ1v) is 13.3. The van der Waals surface area contributed by atoms with Crippen molar-refractivity contribution in [2.45, 2.75) is 25.2 Å². The number of methoxy groups -OCH3 is 1. The molecule has 2 amide bonds. The molecule has 1 aliphatic carbocycles. The summed E-state index contributed by atoms with van der Waals surface area (Å²) in [6, 6.07) is 13.1. The van der Waals surface area contributed by atoms with E-state index >= 15 is 0 Å². The quantitative estimate of drug-likeness (QED) is 0.545. The predicted octanol–water partition coefficient (Wildman–Crippen LogP) is 3.90. The van der Waals surface area contributed by atoms with Gasteiger partial charge in [-0.15, -0.1) is 11.3 Å². The van der Waals surface area contributed by atoms with Gasteiger partial charge in [0.2, 0.25) is 12.7 Å². The Kier molecular flexibility index (Phi) is 6.33. The topological polar surface area (TPSA) is 93.2 Å². The summed E-state index contributed by atoms with van der Waals surface area (Å²) < 4.78 is 16.1. The van der Waals surface area contributed by atoms with E-state index in [0.29, 0.717) is 35.3 Å². The van der Waals surface area contributed by atoms with Gasteiger partial charge in [0.1, 0.15) is 5.75 Å². The molecule has 0 spiro atoms. The highest BCUT2D eigenvalue weighted by Crippen LogP contribution is 2.38. The number of hydrogen-bond acceptors (Lipinski definition) is 8. The van der Waals surface area contributed by atoms with Crippen molar-refractivity contribution in [1.29, 1.82) is 0 Å². The Morgan fingerprint density at radius 1 is 1.08 bits per heavy atom. The van der Waals surface area contributed by atoms with Crippen molar-refractivity contribution in [2.75, 3.05) is 50.3 Å². The number of carbonyl (C=O) groups excluding carboxylic acids is 2. The van der Waals surface area contributed by atoms with Gasteiger partial charge in [-0.2, -0.15) is 0 Å². The number of benzene rings is 2. The van der Waals surface area contributed by atoms with E-state index in [1.165, 1.54) is 11.3 Å². The van der Waals surface area contributed by atoms with E-state index in [2.05, 4.69) is 16.3 Å². The summed E-state index contributed by atoms with van der Waals surface area (Å²) in [5, 5.41) is 3.43. The van der Waals surface area contributed by atoms with Crippen molar-refractivity contribution < 1.29 is 23.8 Å². The van der Waals surface area contributed by atoms with Crippen molar-refractivity contribution >= 4 is 34.0 Å². The predicted molar refractivity (Wildman–Crippen MR) is 140 cm³/mol. The van der Waals surface area contributed by atoms with Crippen molar-refractivity contribution in [3.63, 3.8) is 0 Å². The highest BCUT2D eigenvalue weighted by atomic mass is 32.1. The van der Waals surface area contributed by atoms with E-state index in [1.54, 1.807) is 25.3 Å². The minimum atomic E-state index is -0.264. The standard InChI is InChI=1S/C27H28N4O5S/c1-34-19-5-2-4-18(15-19)30-10-12-31(13-11-30)26(33)20-6-3-7-23-24(20)28-27(37-23)29-25(32)17-8-9-21-22(14-17)36-16-35-21/h2,4-5,8-9,14-15,20H,3,6-7,10-13,16H2,1H3,(H,28,29,32). The minimum Gasteiger partial charge on any atom is -0.497 e. The zero-order valence-corrected chi connectivity index (χ0v) is 21.4. The van der Waals surface area contributed by atoms with Crippen LogP contribution < -0.4 is 24.4 Å². The number of aryl methyl sites for hydroxylation is 1. The van der Waals surface area contributed by atoms with Crippen molar-refractivity contribution in [2.24, 2.45) is 0 Å². The van der Waals surface area contributed by atoms with Crippen molar-refractivity contribution in [3.05, 3.63) is 58.6 Å². The van der Waals surface area contributed by atoms with Crippen LogP contribution in [-0.2, 0) is 11.2 Å². The molecule has 1 atom stereocenters. The molecule has 6 rings (SSSR count). The molecule has 10 heteroatoms. The van der Waals surface area contributed by atoms with Crippen molar-refractivity contribution in [1.82, 2.24) is 9.88 Å². The van der Waals surface area contributed by atoms with Crippen LogP contribution in [0.4, 0.5) is 10.8 Å². The molecule has 1 N–H and O–H groups in total. The third-order valence-electron chi connectivity index (χ3n) is 7.12. The number of piperazine rings is 1. The summed E-state index contributed by atoms with van der Waals surface area (Å²) in [5.41, 5.74) is 2.39. The first-order chi connectivity index (χ1) is 18.1. The lowest BCUT2D eigenvalue weighted by molar-refractivity contribution is -0.133. The molecular formula is C27H28N4O5S. The fraction of sp³-hybridized carbons (Fsp3) is 0.370. The summed E-state index contributed by atoms with van der Waals surface area (Å²) in [7, 11) is 1.67. The van der Waals surface area contributed by atoms with E-state index in [1.807, 2.05) is 23.1 Å². The minimum absolute atomic E-state index is 0.130. The van der Waals surface area contributed by atoms with Crippen LogP contribution in [-0.4, -0.2) is 61.8 Å².